The highest BCUT2D eigenvalue weighted by atomic mass is 79.9. The smallest absolute Gasteiger partial charge is 0.252 e. The number of amides is 1. The van der Waals surface area contributed by atoms with E-state index in [9.17, 15) is 9.90 Å². The fourth-order valence-electron chi connectivity index (χ4n) is 1.44. The van der Waals surface area contributed by atoms with Gasteiger partial charge in [0.25, 0.3) is 5.91 Å². The molecule has 1 rings (SSSR count). The monoisotopic (exact) mass is 300 g/mol. The molecular formula is C12H17BrN2O2. The Labute approximate surface area is 110 Å². The summed E-state index contributed by atoms with van der Waals surface area (Å²) in [6, 6.07) is 7.20. The number of nitrogens with zero attached hydrogens (tertiary/aromatic N) is 1. The number of hydrogen-bond acceptors (Lipinski definition) is 3. The van der Waals surface area contributed by atoms with Crippen molar-refractivity contribution in [1.29, 1.82) is 0 Å². The summed E-state index contributed by atoms with van der Waals surface area (Å²) in [5.74, 6) is -0.185. The van der Waals surface area contributed by atoms with Crippen molar-refractivity contribution in [3.63, 3.8) is 0 Å². The minimum absolute atomic E-state index is 0.185. The second-order valence-corrected chi connectivity index (χ2v) is 4.96. The summed E-state index contributed by atoms with van der Waals surface area (Å²) < 4.78 is 0.750. The van der Waals surface area contributed by atoms with Crippen molar-refractivity contribution in [2.24, 2.45) is 0 Å². The highest BCUT2D eigenvalue weighted by Gasteiger charge is 2.11. The van der Waals surface area contributed by atoms with E-state index >= 15 is 0 Å². The van der Waals surface area contributed by atoms with Crippen molar-refractivity contribution in [1.82, 2.24) is 10.2 Å². The molecule has 0 aliphatic rings. The van der Waals surface area contributed by atoms with Crippen LogP contribution in [0.4, 0.5) is 0 Å². The fourth-order valence-corrected chi connectivity index (χ4v) is 1.90. The van der Waals surface area contributed by atoms with Gasteiger partial charge in [-0.15, -0.1) is 0 Å². The molecule has 0 aliphatic heterocycles. The molecule has 0 heterocycles. The van der Waals surface area contributed by atoms with E-state index < -0.39 is 6.10 Å². The van der Waals surface area contributed by atoms with E-state index in [0.717, 1.165) is 4.47 Å². The predicted molar refractivity (Wildman–Crippen MR) is 71.0 cm³/mol. The molecule has 1 atom stereocenters. The molecule has 0 saturated heterocycles. The van der Waals surface area contributed by atoms with Crippen molar-refractivity contribution < 1.29 is 9.90 Å². The molecular weight excluding hydrogens is 284 g/mol. The first-order chi connectivity index (χ1) is 8.00. The van der Waals surface area contributed by atoms with E-state index in [1.165, 1.54) is 0 Å². The van der Waals surface area contributed by atoms with Crippen LogP contribution in [0.25, 0.3) is 0 Å². The zero-order valence-corrected chi connectivity index (χ0v) is 11.6. The first kappa shape index (κ1) is 14.2. The molecule has 0 saturated carbocycles. The lowest BCUT2D eigenvalue weighted by molar-refractivity contribution is 0.0891. The number of nitrogens with one attached hydrogen (secondary N) is 1. The topological polar surface area (TPSA) is 52.6 Å². The number of carbonyl (C=O) groups excluding carboxylic acids is 1. The van der Waals surface area contributed by atoms with Crippen LogP contribution in [0.5, 0.6) is 0 Å². The molecule has 17 heavy (non-hydrogen) atoms. The van der Waals surface area contributed by atoms with Crippen LogP contribution in [0.15, 0.2) is 28.7 Å². The molecule has 0 fully saturated rings. The normalized spacial score (nSPS) is 12.5. The van der Waals surface area contributed by atoms with Crippen LogP contribution in [0.2, 0.25) is 0 Å². The van der Waals surface area contributed by atoms with Gasteiger partial charge in [0.1, 0.15) is 0 Å². The Bertz CT molecular complexity index is 383. The van der Waals surface area contributed by atoms with Crippen molar-refractivity contribution in [3.05, 3.63) is 34.3 Å². The van der Waals surface area contributed by atoms with E-state index in [1.807, 2.05) is 31.1 Å². The molecule has 4 nitrogen and oxygen atoms in total. The van der Waals surface area contributed by atoms with E-state index in [4.69, 9.17) is 0 Å². The lowest BCUT2D eigenvalue weighted by Gasteiger charge is -2.16. The molecule has 1 aromatic carbocycles. The maximum absolute atomic E-state index is 11.8. The average molecular weight is 301 g/mol. The number of benzene rings is 1. The van der Waals surface area contributed by atoms with Gasteiger partial charge >= 0.3 is 0 Å². The number of rotatable bonds is 5. The Hall–Kier alpha value is -0.910. The lowest BCUT2D eigenvalue weighted by atomic mass is 10.2. The van der Waals surface area contributed by atoms with Gasteiger partial charge in [-0.05, 0) is 42.2 Å². The molecule has 2 N–H and O–H groups in total. The summed E-state index contributed by atoms with van der Waals surface area (Å²) in [6.07, 6.45) is -0.559. The summed E-state index contributed by atoms with van der Waals surface area (Å²) in [5, 5.41) is 12.3. The Morgan fingerprint density at radius 1 is 1.47 bits per heavy atom. The molecule has 1 unspecified atom stereocenters. The Morgan fingerprint density at radius 3 is 2.71 bits per heavy atom. The van der Waals surface area contributed by atoms with E-state index in [0.29, 0.717) is 12.1 Å². The van der Waals surface area contributed by atoms with Gasteiger partial charge in [-0.1, -0.05) is 12.1 Å². The highest BCUT2D eigenvalue weighted by molar-refractivity contribution is 9.10. The average Bonchev–Trinajstić information content (AvgIpc) is 2.25. The number of halogens is 1. The molecule has 0 radical (unpaired) electrons. The summed E-state index contributed by atoms with van der Waals surface area (Å²) in [4.78, 5) is 13.7. The van der Waals surface area contributed by atoms with Gasteiger partial charge in [0, 0.05) is 17.6 Å². The van der Waals surface area contributed by atoms with E-state index in [-0.39, 0.29) is 12.5 Å². The van der Waals surface area contributed by atoms with Crippen LogP contribution in [0.1, 0.15) is 10.4 Å². The molecule has 0 aliphatic carbocycles. The zero-order chi connectivity index (χ0) is 12.8. The number of carbonyl (C=O) groups is 1. The largest absolute Gasteiger partial charge is 0.390 e. The fraction of sp³-hybridized carbons (Fsp3) is 0.417. The molecule has 1 aromatic rings. The Morgan fingerprint density at radius 2 is 2.12 bits per heavy atom. The number of aliphatic hydroxyl groups excluding tert-OH is 1. The molecule has 1 amide bonds. The summed E-state index contributed by atoms with van der Waals surface area (Å²) >= 11 is 3.31. The van der Waals surface area contributed by atoms with Gasteiger partial charge in [-0.2, -0.15) is 0 Å². The molecule has 0 aromatic heterocycles. The van der Waals surface area contributed by atoms with Crippen LogP contribution in [0, 0.1) is 0 Å². The van der Waals surface area contributed by atoms with E-state index in [2.05, 4.69) is 21.2 Å². The minimum atomic E-state index is -0.559. The second-order valence-electron chi connectivity index (χ2n) is 4.11. The third-order valence-corrected chi connectivity index (χ3v) is 2.88. The van der Waals surface area contributed by atoms with Crippen molar-refractivity contribution in [3.8, 4) is 0 Å². The summed E-state index contributed by atoms with van der Waals surface area (Å²) in [6.45, 7) is 0.772. The first-order valence-electron chi connectivity index (χ1n) is 5.36. The molecule has 0 bridgehead atoms. The van der Waals surface area contributed by atoms with Crippen molar-refractivity contribution in [2.75, 3.05) is 27.2 Å². The minimum Gasteiger partial charge on any atom is -0.390 e. The summed E-state index contributed by atoms with van der Waals surface area (Å²) in [7, 11) is 3.75. The quantitative estimate of drug-likeness (QED) is 0.856. The van der Waals surface area contributed by atoms with Gasteiger partial charge in [0.15, 0.2) is 0 Å². The SMILES string of the molecule is CN(C)CC(O)CNC(=O)c1ccccc1Br. The lowest BCUT2D eigenvalue weighted by Crippen LogP contribution is -2.37. The second kappa shape index (κ2) is 6.74. The van der Waals surface area contributed by atoms with Crippen LogP contribution in [0.3, 0.4) is 0 Å². The molecule has 94 valence electrons. The maximum Gasteiger partial charge on any atom is 0.252 e. The zero-order valence-electron chi connectivity index (χ0n) is 9.98. The predicted octanol–water partition coefficient (Wildman–Crippen LogP) is 1.10. The number of aliphatic hydroxyl groups is 1. The van der Waals surface area contributed by atoms with Gasteiger partial charge in [-0.3, -0.25) is 4.79 Å². The third kappa shape index (κ3) is 4.85. The van der Waals surface area contributed by atoms with Gasteiger partial charge in [0.05, 0.1) is 11.7 Å². The van der Waals surface area contributed by atoms with Crippen LogP contribution in [-0.4, -0.2) is 49.2 Å². The standard InChI is InChI=1S/C12H17BrN2O2/c1-15(2)8-9(16)7-14-12(17)10-5-3-4-6-11(10)13/h3-6,9,16H,7-8H2,1-2H3,(H,14,17). The first-order valence-corrected chi connectivity index (χ1v) is 6.15. The van der Waals surface area contributed by atoms with Gasteiger partial charge < -0.3 is 15.3 Å². The van der Waals surface area contributed by atoms with E-state index in [1.54, 1.807) is 12.1 Å². The number of hydrogen-bond donors (Lipinski definition) is 2. The van der Waals surface area contributed by atoms with Gasteiger partial charge in [-0.25, -0.2) is 0 Å². The summed E-state index contributed by atoms with van der Waals surface area (Å²) in [5.41, 5.74) is 0.574. The Kier molecular flexibility index (Phi) is 5.61. The van der Waals surface area contributed by atoms with Crippen LogP contribution < -0.4 is 5.32 Å². The maximum atomic E-state index is 11.8. The van der Waals surface area contributed by atoms with Gasteiger partial charge in [0.2, 0.25) is 0 Å². The third-order valence-electron chi connectivity index (χ3n) is 2.19. The highest BCUT2D eigenvalue weighted by Crippen LogP contribution is 2.15. The Balaban J connectivity index is 2.48. The van der Waals surface area contributed by atoms with Crippen molar-refractivity contribution >= 4 is 21.8 Å². The van der Waals surface area contributed by atoms with Crippen molar-refractivity contribution in [2.45, 2.75) is 6.10 Å². The van der Waals surface area contributed by atoms with Crippen LogP contribution in [-0.2, 0) is 0 Å². The molecule has 0 spiro atoms. The van der Waals surface area contributed by atoms with Crippen LogP contribution >= 0.6 is 15.9 Å². The number of likely N-dealkylation sites (N-methyl/N-ethyl adjacent to an activating group) is 1. The molecule has 5 heteroatoms.